The Morgan fingerprint density at radius 1 is 1.56 bits per heavy atom. The number of nitrogens with zero attached hydrogens (tertiary/aromatic N) is 1. The van der Waals surface area contributed by atoms with Crippen LogP contribution in [0.3, 0.4) is 0 Å². The molecule has 0 rings (SSSR count). The van der Waals surface area contributed by atoms with Crippen LogP contribution in [0.2, 0.25) is 0 Å². The Hall–Kier alpha value is -0.870. The Morgan fingerprint density at radius 3 is 2.61 bits per heavy atom. The molecule has 4 nitrogen and oxygen atoms in total. The van der Waals surface area contributed by atoms with Crippen molar-refractivity contribution in [1.29, 1.82) is 0 Å². The van der Waals surface area contributed by atoms with Gasteiger partial charge >= 0.3 is 0 Å². The number of amides is 1. The van der Waals surface area contributed by atoms with Crippen LogP contribution in [-0.2, 0) is 4.79 Å². The molecular weight excluding hydrogens is 226 g/mol. The Balaban J connectivity index is 4.56. The van der Waals surface area contributed by atoms with E-state index in [0.717, 1.165) is 19.5 Å². The van der Waals surface area contributed by atoms with Gasteiger partial charge in [0.15, 0.2) is 0 Å². The summed E-state index contributed by atoms with van der Waals surface area (Å²) in [4.78, 5) is 14.2. The normalized spacial score (nSPS) is 13.4. The highest BCUT2D eigenvalue weighted by atomic mass is 16.2. The smallest absolute Gasteiger partial charge is 0.237 e. The van der Waals surface area contributed by atoms with E-state index in [2.05, 4.69) is 37.6 Å². The quantitative estimate of drug-likeness (QED) is 0.612. The Labute approximate surface area is 112 Å². The van der Waals surface area contributed by atoms with Crippen molar-refractivity contribution in [3.63, 3.8) is 0 Å². The van der Waals surface area contributed by atoms with Crippen molar-refractivity contribution in [3.8, 4) is 0 Å². The Kier molecular flexibility index (Phi) is 7.87. The van der Waals surface area contributed by atoms with Gasteiger partial charge in [-0.05, 0) is 31.8 Å². The first kappa shape index (κ1) is 17.1. The minimum absolute atomic E-state index is 0.0299. The second-order valence-corrected chi connectivity index (χ2v) is 5.55. The molecule has 0 aromatic carbocycles. The monoisotopic (exact) mass is 255 g/mol. The third-order valence-corrected chi connectivity index (χ3v) is 3.04. The predicted octanol–water partition coefficient (Wildman–Crippen LogP) is 1.37. The summed E-state index contributed by atoms with van der Waals surface area (Å²) in [5, 5.41) is 2.84. The SMILES string of the molecule is C=CCNC(=O)C(C)N(CCC)CC(C)(C)CN. The maximum absolute atomic E-state index is 12.0. The first-order valence-corrected chi connectivity index (χ1v) is 6.70. The van der Waals surface area contributed by atoms with Crippen LogP contribution in [0.25, 0.3) is 0 Å². The number of carbonyl (C=O) groups excluding carboxylic acids is 1. The van der Waals surface area contributed by atoms with E-state index in [4.69, 9.17) is 5.73 Å². The zero-order chi connectivity index (χ0) is 14.2. The summed E-state index contributed by atoms with van der Waals surface area (Å²) >= 11 is 0. The van der Waals surface area contributed by atoms with Crippen LogP contribution in [0.1, 0.15) is 34.1 Å². The average molecular weight is 255 g/mol. The molecule has 0 saturated carbocycles. The minimum atomic E-state index is -0.129. The molecule has 0 bridgehead atoms. The van der Waals surface area contributed by atoms with Gasteiger partial charge in [0.2, 0.25) is 5.91 Å². The summed E-state index contributed by atoms with van der Waals surface area (Å²) in [7, 11) is 0. The molecule has 0 radical (unpaired) electrons. The van der Waals surface area contributed by atoms with E-state index in [1.54, 1.807) is 6.08 Å². The molecule has 0 spiro atoms. The van der Waals surface area contributed by atoms with Crippen LogP contribution in [-0.4, -0.2) is 43.0 Å². The third-order valence-electron chi connectivity index (χ3n) is 3.04. The standard InChI is InChI=1S/C14H29N3O/c1-6-8-16-13(18)12(3)17(9-7-2)11-14(4,5)10-15/h6,12H,1,7-11,15H2,2-5H3,(H,16,18). The second-order valence-electron chi connectivity index (χ2n) is 5.55. The van der Waals surface area contributed by atoms with Gasteiger partial charge < -0.3 is 11.1 Å². The molecule has 1 atom stereocenters. The van der Waals surface area contributed by atoms with Crippen molar-refractivity contribution in [2.45, 2.75) is 40.2 Å². The topological polar surface area (TPSA) is 58.4 Å². The largest absolute Gasteiger partial charge is 0.351 e. The zero-order valence-corrected chi connectivity index (χ0v) is 12.3. The van der Waals surface area contributed by atoms with Gasteiger partial charge in [-0.1, -0.05) is 26.8 Å². The molecular formula is C14H29N3O. The fourth-order valence-electron chi connectivity index (χ4n) is 1.80. The molecule has 0 aliphatic carbocycles. The fraction of sp³-hybridized carbons (Fsp3) is 0.786. The molecule has 0 aliphatic rings. The maximum Gasteiger partial charge on any atom is 0.237 e. The third kappa shape index (κ3) is 6.17. The summed E-state index contributed by atoms with van der Waals surface area (Å²) in [6.45, 7) is 14.8. The van der Waals surface area contributed by atoms with E-state index in [1.807, 2.05) is 6.92 Å². The highest BCUT2D eigenvalue weighted by Crippen LogP contribution is 2.17. The van der Waals surface area contributed by atoms with E-state index in [0.29, 0.717) is 13.1 Å². The van der Waals surface area contributed by atoms with Gasteiger partial charge in [-0.15, -0.1) is 6.58 Å². The highest BCUT2D eigenvalue weighted by Gasteiger charge is 2.26. The molecule has 0 aromatic heterocycles. The molecule has 0 saturated heterocycles. The highest BCUT2D eigenvalue weighted by molar-refractivity contribution is 5.81. The molecule has 4 heteroatoms. The first-order chi connectivity index (χ1) is 8.37. The summed E-state index contributed by atoms with van der Waals surface area (Å²) in [5.41, 5.74) is 5.80. The number of hydrogen-bond acceptors (Lipinski definition) is 3. The van der Waals surface area contributed by atoms with Gasteiger partial charge in [0.1, 0.15) is 0 Å². The number of carbonyl (C=O) groups is 1. The number of rotatable bonds is 9. The van der Waals surface area contributed by atoms with Crippen molar-refractivity contribution in [3.05, 3.63) is 12.7 Å². The summed E-state index contributed by atoms with van der Waals surface area (Å²) in [6, 6.07) is -0.129. The zero-order valence-electron chi connectivity index (χ0n) is 12.3. The fourth-order valence-corrected chi connectivity index (χ4v) is 1.80. The number of hydrogen-bond donors (Lipinski definition) is 2. The average Bonchev–Trinajstić information content (AvgIpc) is 2.34. The van der Waals surface area contributed by atoms with Gasteiger partial charge in [0, 0.05) is 13.1 Å². The lowest BCUT2D eigenvalue weighted by atomic mass is 9.92. The lowest BCUT2D eigenvalue weighted by molar-refractivity contribution is -0.126. The lowest BCUT2D eigenvalue weighted by Gasteiger charge is -2.35. The van der Waals surface area contributed by atoms with Crippen LogP contribution < -0.4 is 11.1 Å². The van der Waals surface area contributed by atoms with Crippen molar-refractivity contribution in [2.24, 2.45) is 11.1 Å². The number of nitrogens with two attached hydrogens (primary N) is 1. The molecule has 106 valence electrons. The molecule has 0 heterocycles. The predicted molar refractivity (Wildman–Crippen MR) is 77.4 cm³/mol. The first-order valence-electron chi connectivity index (χ1n) is 6.70. The van der Waals surface area contributed by atoms with Crippen molar-refractivity contribution in [1.82, 2.24) is 10.2 Å². The van der Waals surface area contributed by atoms with Crippen molar-refractivity contribution < 1.29 is 4.79 Å². The van der Waals surface area contributed by atoms with E-state index in [-0.39, 0.29) is 17.4 Å². The second kappa shape index (κ2) is 8.27. The van der Waals surface area contributed by atoms with Gasteiger partial charge in [0.05, 0.1) is 6.04 Å². The van der Waals surface area contributed by atoms with Crippen LogP contribution >= 0.6 is 0 Å². The van der Waals surface area contributed by atoms with Gasteiger partial charge in [-0.25, -0.2) is 0 Å². The van der Waals surface area contributed by atoms with E-state index >= 15 is 0 Å². The van der Waals surface area contributed by atoms with E-state index < -0.39 is 0 Å². The number of nitrogens with one attached hydrogen (secondary N) is 1. The minimum Gasteiger partial charge on any atom is -0.351 e. The molecule has 0 aliphatic heterocycles. The summed E-state index contributed by atoms with van der Waals surface area (Å²) in [6.07, 6.45) is 2.72. The molecule has 3 N–H and O–H groups in total. The van der Waals surface area contributed by atoms with Crippen LogP contribution in [0.15, 0.2) is 12.7 Å². The van der Waals surface area contributed by atoms with Crippen LogP contribution in [0.5, 0.6) is 0 Å². The molecule has 0 fully saturated rings. The molecule has 1 unspecified atom stereocenters. The van der Waals surface area contributed by atoms with Crippen LogP contribution in [0, 0.1) is 5.41 Å². The van der Waals surface area contributed by atoms with Gasteiger partial charge in [0.25, 0.3) is 0 Å². The lowest BCUT2D eigenvalue weighted by Crippen LogP contribution is -2.49. The van der Waals surface area contributed by atoms with Gasteiger partial charge in [-0.2, -0.15) is 0 Å². The van der Waals surface area contributed by atoms with Crippen molar-refractivity contribution in [2.75, 3.05) is 26.2 Å². The molecule has 0 aromatic rings. The van der Waals surface area contributed by atoms with Crippen LogP contribution in [0.4, 0.5) is 0 Å². The molecule has 18 heavy (non-hydrogen) atoms. The van der Waals surface area contributed by atoms with E-state index in [9.17, 15) is 4.79 Å². The van der Waals surface area contributed by atoms with Crippen molar-refractivity contribution >= 4 is 5.91 Å². The van der Waals surface area contributed by atoms with E-state index in [1.165, 1.54) is 0 Å². The van der Waals surface area contributed by atoms with Gasteiger partial charge in [-0.3, -0.25) is 9.69 Å². The maximum atomic E-state index is 12.0. The summed E-state index contributed by atoms with van der Waals surface area (Å²) in [5.74, 6) is 0.0520. The molecule has 1 amide bonds. The Bertz CT molecular complexity index is 264. The Morgan fingerprint density at radius 2 is 2.17 bits per heavy atom. The summed E-state index contributed by atoms with van der Waals surface area (Å²) < 4.78 is 0.